The van der Waals surface area contributed by atoms with Crippen molar-refractivity contribution in [3.63, 3.8) is 0 Å². The molecule has 1 unspecified atom stereocenters. The highest BCUT2D eigenvalue weighted by molar-refractivity contribution is 7.99. The lowest BCUT2D eigenvalue weighted by molar-refractivity contribution is 0.194. The molecule has 1 atom stereocenters. The lowest BCUT2D eigenvalue weighted by atomic mass is 10.2. The van der Waals surface area contributed by atoms with E-state index in [-0.39, 0.29) is 5.69 Å². The van der Waals surface area contributed by atoms with Gasteiger partial charge < -0.3 is 10.4 Å². The van der Waals surface area contributed by atoms with Gasteiger partial charge in [0.1, 0.15) is 0 Å². The van der Waals surface area contributed by atoms with Crippen molar-refractivity contribution < 1.29 is 5.11 Å². The first-order valence-electron chi connectivity index (χ1n) is 6.71. The summed E-state index contributed by atoms with van der Waals surface area (Å²) in [4.78, 5) is 11.5. The second kappa shape index (κ2) is 8.39. The van der Waals surface area contributed by atoms with E-state index in [2.05, 4.69) is 29.4 Å². The van der Waals surface area contributed by atoms with Gasteiger partial charge in [0.2, 0.25) is 0 Å². The fourth-order valence-electron chi connectivity index (χ4n) is 1.60. The number of rotatable bonds is 9. The van der Waals surface area contributed by atoms with Crippen LogP contribution in [0.5, 0.6) is 0 Å². The standard InChI is InChI=1S/C12H24N4O2S/c1-4-5-16-11(18)14-15-12(16)19-8-10(17)7-13-6-9(2)3/h9-10,13,17H,4-8H2,1-3H3,(H,14,18). The summed E-state index contributed by atoms with van der Waals surface area (Å²) in [6, 6.07) is 0. The molecule has 0 aliphatic rings. The van der Waals surface area contributed by atoms with Crippen LogP contribution in [0.2, 0.25) is 0 Å². The average molecular weight is 288 g/mol. The van der Waals surface area contributed by atoms with E-state index in [1.54, 1.807) is 4.57 Å². The van der Waals surface area contributed by atoms with E-state index in [1.165, 1.54) is 11.8 Å². The van der Waals surface area contributed by atoms with Crippen LogP contribution >= 0.6 is 11.8 Å². The first-order valence-corrected chi connectivity index (χ1v) is 7.70. The van der Waals surface area contributed by atoms with Crippen LogP contribution in [0.15, 0.2) is 9.95 Å². The summed E-state index contributed by atoms with van der Waals surface area (Å²) >= 11 is 1.41. The number of aromatic amines is 1. The predicted octanol–water partition coefficient (Wildman–Crippen LogP) is 0.680. The van der Waals surface area contributed by atoms with Crippen LogP contribution in [-0.4, -0.2) is 44.8 Å². The summed E-state index contributed by atoms with van der Waals surface area (Å²) in [5.74, 6) is 1.10. The van der Waals surface area contributed by atoms with E-state index in [9.17, 15) is 9.90 Å². The van der Waals surface area contributed by atoms with Gasteiger partial charge in [-0.15, -0.1) is 5.10 Å². The number of hydrogen-bond acceptors (Lipinski definition) is 5. The summed E-state index contributed by atoms with van der Waals surface area (Å²) in [7, 11) is 0. The number of hydrogen-bond donors (Lipinski definition) is 3. The highest BCUT2D eigenvalue weighted by Gasteiger charge is 2.11. The minimum atomic E-state index is -0.439. The normalized spacial score (nSPS) is 13.1. The monoisotopic (exact) mass is 288 g/mol. The van der Waals surface area contributed by atoms with Crippen LogP contribution in [0.3, 0.4) is 0 Å². The van der Waals surface area contributed by atoms with Gasteiger partial charge in [-0.2, -0.15) is 0 Å². The molecule has 1 aromatic heterocycles. The maximum atomic E-state index is 11.5. The summed E-state index contributed by atoms with van der Waals surface area (Å²) < 4.78 is 1.61. The van der Waals surface area contributed by atoms with Crippen molar-refractivity contribution >= 4 is 11.8 Å². The molecular weight excluding hydrogens is 264 g/mol. The van der Waals surface area contributed by atoms with Crippen LogP contribution in [0.25, 0.3) is 0 Å². The smallest absolute Gasteiger partial charge is 0.343 e. The molecule has 7 heteroatoms. The molecule has 0 aliphatic carbocycles. The van der Waals surface area contributed by atoms with Crippen molar-refractivity contribution in [1.82, 2.24) is 20.1 Å². The van der Waals surface area contributed by atoms with Crippen molar-refractivity contribution in [1.29, 1.82) is 0 Å². The van der Waals surface area contributed by atoms with Gasteiger partial charge in [-0.1, -0.05) is 32.5 Å². The predicted molar refractivity (Wildman–Crippen MR) is 77.6 cm³/mol. The minimum absolute atomic E-state index is 0.184. The Morgan fingerprint density at radius 1 is 1.47 bits per heavy atom. The van der Waals surface area contributed by atoms with E-state index in [1.807, 2.05) is 6.92 Å². The highest BCUT2D eigenvalue weighted by atomic mass is 32.2. The van der Waals surface area contributed by atoms with E-state index in [0.717, 1.165) is 13.0 Å². The Hall–Kier alpha value is -0.790. The van der Waals surface area contributed by atoms with Gasteiger partial charge in [0.25, 0.3) is 0 Å². The maximum Gasteiger partial charge on any atom is 0.343 e. The number of nitrogens with zero attached hydrogens (tertiary/aromatic N) is 2. The Kier molecular flexibility index (Phi) is 7.19. The van der Waals surface area contributed by atoms with Gasteiger partial charge in [0.05, 0.1) is 6.10 Å². The Morgan fingerprint density at radius 3 is 2.84 bits per heavy atom. The molecule has 0 fully saturated rings. The summed E-state index contributed by atoms with van der Waals surface area (Å²) in [6.45, 7) is 8.37. The van der Waals surface area contributed by atoms with E-state index < -0.39 is 6.10 Å². The molecule has 1 aromatic rings. The van der Waals surface area contributed by atoms with Gasteiger partial charge >= 0.3 is 5.69 Å². The van der Waals surface area contributed by atoms with Crippen LogP contribution in [0, 0.1) is 5.92 Å². The molecule has 0 bridgehead atoms. The maximum absolute atomic E-state index is 11.5. The zero-order chi connectivity index (χ0) is 14.3. The third-order valence-corrected chi connectivity index (χ3v) is 3.63. The molecule has 1 rings (SSSR count). The van der Waals surface area contributed by atoms with Crippen molar-refractivity contribution in [3.8, 4) is 0 Å². The molecule has 0 amide bonds. The van der Waals surface area contributed by atoms with E-state index in [4.69, 9.17) is 0 Å². The molecule has 19 heavy (non-hydrogen) atoms. The number of thioether (sulfide) groups is 1. The molecule has 6 nitrogen and oxygen atoms in total. The second-order valence-electron chi connectivity index (χ2n) is 4.98. The number of aromatic nitrogens is 3. The SMILES string of the molecule is CCCn1c(SCC(O)CNCC(C)C)n[nH]c1=O. The minimum Gasteiger partial charge on any atom is -0.391 e. The van der Waals surface area contributed by atoms with Gasteiger partial charge in [-0.25, -0.2) is 9.89 Å². The third-order valence-electron chi connectivity index (χ3n) is 2.51. The van der Waals surface area contributed by atoms with E-state index >= 15 is 0 Å². The number of aliphatic hydroxyl groups is 1. The molecule has 110 valence electrons. The molecule has 3 N–H and O–H groups in total. The topological polar surface area (TPSA) is 82.9 Å². The van der Waals surface area contributed by atoms with Crippen molar-refractivity contribution in [2.75, 3.05) is 18.8 Å². The summed E-state index contributed by atoms with van der Waals surface area (Å²) in [6.07, 6.45) is 0.441. The molecule has 0 aromatic carbocycles. The van der Waals surface area contributed by atoms with Gasteiger partial charge in [-0.05, 0) is 18.9 Å². The molecule has 0 saturated heterocycles. The Morgan fingerprint density at radius 2 is 2.21 bits per heavy atom. The fourth-order valence-corrected chi connectivity index (χ4v) is 2.50. The summed E-state index contributed by atoms with van der Waals surface area (Å²) in [5.41, 5.74) is -0.184. The molecule has 0 saturated carbocycles. The lowest BCUT2D eigenvalue weighted by Gasteiger charge is -2.12. The second-order valence-corrected chi connectivity index (χ2v) is 5.97. The van der Waals surface area contributed by atoms with Gasteiger partial charge in [0, 0.05) is 18.8 Å². The fraction of sp³-hybridized carbons (Fsp3) is 0.833. The van der Waals surface area contributed by atoms with Crippen molar-refractivity contribution in [2.45, 2.75) is 45.0 Å². The Bertz CT molecular complexity index is 416. The highest BCUT2D eigenvalue weighted by Crippen LogP contribution is 2.14. The van der Waals surface area contributed by atoms with E-state index in [0.29, 0.717) is 29.9 Å². The largest absolute Gasteiger partial charge is 0.391 e. The quantitative estimate of drug-likeness (QED) is 0.582. The first-order chi connectivity index (χ1) is 9.04. The molecule has 1 heterocycles. The lowest BCUT2D eigenvalue weighted by Crippen LogP contribution is -2.31. The van der Waals surface area contributed by atoms with Crippen molar-refractivity contribution in [3.05, 3.63) is 10.5 Å². The summed E-state index contributed by atoms with van der Waals surface area (Å²) in [5, 5.41) is 20.1. The molecule has 0 aliphatic heterocycles. The Balaban J connectivity index is 2.37. The molecule has 0 radical (unpaired) electrons. The van der Waals surface area contributed by atoms with Crippen LogP contribution in [0.1, 0.15) is 27.2 Å². The zero-order valence-electron chi connectivity index (χ0n) is 11.8. The zero-order valence-corrected chi connectivity index (χ0v) is 12.7. The van der Waals surface area contributed by atoms with Crippen LogP contribution in [-0.2, 0) is 6.54 Å². The first kappa shape index (κ1) is 16.3. The Labute approximate surface area is 118 Å². The van der Waals surface area contributed by atoms with Gasteiger partial charge in [0.15, 0.2) is 5.16 Å². The number of H-pyrrole nitrogens is 1. The third kappa shape index (κ3) is 5.80. The van der Waals surface area contributed by atoms with Crippen LogP contribution in [0.4, 0.5) is 0 Å². The van der Waals surface area contributed by atoms with Crippen molar-refractivity contribution in [2.24, 2.45) is 5.92 Å². The molecule has 0 spiro atoms. The number of nitrogens with one attached hydrogen (secondary N) is 2. The average Bonchev–Trinajstić information content (AvgIpc) is 2.69. The number of aliphatic hydroxyl groups excluding tert-OH is 1. The van der Waals surface area contributed by atoms with Crippen LogP contribution < -0.4 is 11.0 Å². The van der Waals surface area contributed by atoms with Gasteiger partial charge in [-0.3, -0.25) is 4.57 Å². The molecular formula is C12H24N4O2S.